The molecule has 4 N–H and O–H groups in total. The fourth-order valence-electron chi connectivity index (χ4n) is 4.71. The Morgan fingerprint density at radius 2 is 1.64 bits per heavy atom. The summed E-state index contributed by atoms with van der Waals surface area (Å²) in [6.07, 6.45) is 1.95. The number of aliphatic carboxylic acids is 1. The van der Waals surface area contributed by atoms with Crippen LogP contribution in [0.15, 0.2) is 59.5 Å². The van der Waals surface area contributed by atoms with Crippen LogP contribution in [-0.2, 0) is 17.9 Å². The minimum atomic E-state index is -0.833. The maximum atomic E-state index is 13.2. The van der Waals surface area contributed by atoms with Crippen LogP contribution in [-0.4, -0.2) is 39.2 Å². The summed E-state index contributed by atoms with van der Waals surface area (Å²) in [5.41, 5.74) is 10.8. The normalized spacial score (nSPS) is 13.0. The summed E-state index contributed by atoms with van der Waals surface area (Å²) < 4.78 is 24.3. The van der Waals surface area contributed by atoms with Gasteiger partial charge in [0.15, 0.2) is 23.0 Å². The lowest BCUT2D eigenvalue weighted by atomic mass is 10.1. The van der Waals surface area contributed by atoms with Crippen molar-refractivity contribution in [1.82, 2.24) is 14.5 Å². The average Bonchev–Trinajstić information content (AvgIpc) is 3.64. The number of ether oxygens (including phenoxy) is 4. The van der Waals surface area contributed by atoms with Crippen LogP contribution >= 0.6 is 0 Å². The third-order valence-electron chi connectivity index (χ3n) is 6.40. The van der Waals surface area contributed by atoms with Crippen LogP contribution in [0.3, 0.4) is 0 Å². The number of nitrogens with zero attached hydrogens (tertiary/aromatic N) is 2. The molecule has 39 heavy (non-hydrogen) atoms. The summed E-state index contributed by atoms with van der Waals surface area (Å²) in [7, 11) is 0. The Morgan fingerprint density at radius 1 is 1.00 bits per heavy atom. The second-order valence-corrected chi connectivity index (χ2v) is 9.07. The number of aromatic nitrogens is 3. The standard InChI is InChI=1S/C26H20N4O5.C2H4O2/c27-9-14-2-1-3-15(4-14)10-30-11-17(16-5-21-24(8-20(16)30)35-12-32-21)25-26(31)29-19-7-23-22(33-13-34-23)6-18(19)28-25;1-2(3)4/h1-8,11H,9-10,12-13,27H2,(H,29,31);1H3,(H,3,4). The van der Waals surface area contributed by atoms with Crippen molar-refractivity contribution in [3.05, 3.63) is 76.2 Å². The van der Waals surface area contributed by atoms with Crippen LogP contribution in [0.2, 0.25) is 0 Å². The van der Waals surface area contributed by atoms with Crippen LogP contribution in [0.25, 0.3) is 33.2 Å². The average molecular weight is 529 g/mol. The molecule has 0 radical (unpaired) electrons. The number of aromatic amines is 1. The largest absolute Gasteiger partial charge is 0.481 e. The zero-order chi connectivity index (χ0) is 27.1. The molecule has 0 aliphatic carbocycles. The number of carboxylic acid groups (broad SMARTS) is 1. The highest BCUT2D eigenvalue weighted by atomic mass is 16.7. The molecule has 0 saturated heterocycles. The van der Waals surface area contributed by atoms with Gasteiger partial charge in [0, 0.05) is 55.4 Å². The molecule has 4 heterocycles. The molecule has 11 heteroatoms. The van der Waals surface area contributed by atoms with Gasteiger partial charge in [0.1, 0.15) is 5.69 Å². The van der Waals surface area contributed by atoms with Crippen molar-refractivity contribution in [1.29, 1.82) is 0 Å². The summed E-state index contributed by atoms with van der Waals surface area (Å²) in [4.78, 5) is 29.9. The summed E-state index contributed by atoms with van der Waals surface area (Å²) >= 11 is 0. The number of nitrogens with two attached hydrogens (primary N) is 1. The van der Waals surface area contributed by atoms with Gasteiger partial charge in [-0.25, -0.2) is 4.98 Å². The van der Waals surface area contributed by atoms with Gasteiger partial charge in [0.25, 0.3) is 11.5 Å². The molecule has 2 aliphatic heterocycles. The van der Waals surface area contributed by atoms with E-state index < -0.39 is 5.97 Å². The molecule has 0 bridgehead atoms. The topological polar surface area (TPSA) is 151 Å². The van der Waals surface area contributed by atoms with Crippen molar-refractivity contribution in [2.24, 2.45) is 5.73 Å². The van der Waals surface area contributed by atoms with Gasteiger partial charge in [-0.2, -0.15) is 0 Å². The van der Waals surface area contributed by atoms with Gasteiger partial charge in [-0.05, 0) is 17.2 Å². The van der Waals surface area contributed by atoms with Gasteiger partial charge in [-0.15, -0.1) is 0 Å². The maximum absolute atomic E-state index is 13.2. The van der Waals surface area contributed by atoms with E-state index in [1.165, 1.54) is 0 Å². The molecule has 0 saturated carbocycles. The molecular weight excluding hydrogens is 504 g/mol. The van der Waals surface area contributed by atoms with E-state index in [1.807, 2.05) is 30.5 Å². The second kappa shape index (κ2) is 9.69. The van der Waals surface area contributed by atoms with Gasteiger partial charge < -0.3 is 39.3 Å². The monoisotopic (exact) mass is 528 g/mol. The van der Waals surface area contributed by atoms with Gasteiger partial charge in [0.2, 0.25) is 13.6 Å². The number of rotatable bonds is 4. The summed E-state index contributed by atoms with van der Waals surface area (Å²) in [5.74, 6) is 1.68. The predicted molar refractivity (Wildman–Crippen MR) is 142 cm³/mol. The van der Waals surface area contributed by atoms with E-state index in [2.05, 4.69) is 21.7 Å². The molecule has 0 spiro atoms. The van der Waals surface area contributed by atoms with Crippen LogP contribution in [0.5, 0.6) is 23.0 Å². The highest BCUT2D eigenvalue weighted by Crippen LogP contribution is 2.41. The van der Waals surface area contributed by atoms with E-state index in [9.17, 15) is 4.79 Å². The first-order valence-corrected chi connectivity index (χ1v) is 12.1. The highest BCUT2D eigenvalue weighted by Gasteiger charge is 2.22. The number of fused-ring (bicyclic) bond motifs is 4. The Kier molecular flexibility index (Phi) is 6.04. The summed E-state index contributed by atoms with van der Waals surface area (Å²) in [6, 6.07) is 15.5. The number of hydrogen-bond acceptors (Lipinski definition) is 8. The predicted octanol–water partition coefficient (Wildman–Crippen LogP) is 3.60. The minimum Gasteiger partial charge on any atom is -0.481 e. The molecule has 2 aromatic heterocycles. The number of carboxylic acids is 1. The fraction of sp³-hybridized carbons (Fsp3) is 0.179. The lowest BCUT2D eigenvalue weighted by molar-refractivity contribution is -0.134. The van der Waals surface area contributed by atoms with Crippen molar-refractivity contribution >= 4 is 27.9 Å². The Bertz CT molecular complexity index is 1800. The van der Waals surface area contributed by atoms with E-state index in [4.69, 9.17) is 39.6 Å². The number of H-pyrrole nitrogens is 1. The zero-order valence-corrected chi connectivity index (χ0v) is 20.9. The van der Waals surface area contributed by atoms with Crippen LogP contribution in [0, 0.1) is 0 Å². The molecule has 0 amide bonds. The quantitative estimate of drug-likeness (QED) is 0.318. The molecule has 0 atom stereocenters. The first-order chi connectivity index (χ1) is 18.9. The maximum Gasteiger partial charge on any atom is 0.300 e. The van der Waals surface area contributed by atoms with Crippen molar-refractivity contribution in [2.45, 2.75) is 20.0 Å². The summed E-state index contributed by atoms with van der Waals surface area (Å²) in [6.45, 7) is 2.46. The van der Waals surface area contributed by atoms with E-state index in [-0.39, 0.29) is 19.1 Å². The minimum absolute atomic E-state index is 0.148. The van der Waals surface area contributed by atoms with Gasteiger partial charge in [-0.1, -0.05) is 24.3 Å². The molecule has 0 fully saturated rings. The van der Waals surface area contributed by atoms with Gasteiger partial charge in [0.05, 0.1) is 16.6 Å². The third kappa shape index (κ3) is 4.59. The molecule has 11 nitrogen and oxygen atoms in total. The first-order valence-electron chi connectivity index (χ1n) is 12.1. The van der Waals surface area contributed by atoms with E-state index in [0.717, 1.165) is 29.0 Å². The van der Waals surface area contributed by atoms with Gasteiger partial charge >= 0.3 is 0 Å². The molecule has 0 unspecified atom stereocenters. The molecule has 7 rings (SSSR count). The SMILES string of the molecule is CC(=O)O.NCc1cccc(Cn2cc(-c3nc4cc5c(cc4[nH]c3=O)OCO5)c3cc4c(cc32)OCO4)c1. The lowest BCUT2D eigenvalue weighted by Crippen LogP contribution is -2.11. The Morgan fingerprint density at radius 3 is 2.36 bits per heavy atom. The van der Waals surface area contributed by atoms with E-state index >= 15 is 0 Å². The van der Waals surface area contributed by atoms with Crippen molar-refractivity contribution in [3.63, 3.8) is 0 Å². The van der Waals surface area contributed by atoms with Crippen molar-refractivity contribution in [3.8, 4) is 34.3 Å². The Hall–Kier alpha value is -5.03. The first kappa shape index (κ1) is 24.3. The Balaban J connectivity index is 0.000000650. The summed E-state index contributed by atoms with van der Waals surface area (Å²) in [5, 5.41) is 8.27. The molecular formula is C28H24N4O7. The Labute approximate surface area is 221 Å². The lowest BCUT2D eigenvalue weighted by Gasteiger charge is -2.08. The molecule has 5 aromatic rings. The van der Waals surface area contributed by atoms with E-state index in [1.54, 1.807) is 12.1 Å². The highest BCUT2D eigenvalue weighted by molar-refractivity contribution is 5.98. The molecule has 2 aliphatic rings. The third-order valence-corrected chi connectivity index (χ3v) is 6.40. The van der Waals surface area contributed by atoms with Crippen LogP contribution in [0.4, 0.5) is 0 Å². The van der Waals surface area contributed by atoms with Crippen molar-refractivity contribution in [2.75, 3.05) is 13.6 Å². The molecule has 198 valence electrons. The number of hydrogen-bond donors (Lipinski definition) is 3. The number of carbonyl (C=O) groups is 1. The zero-order valence-electron chi connectivity index (χ0n) is 20.9. The number of benzene rings is 3. The fourth-order valence-corrected chi connectivity index (χ4v) is 4.71. The molecule has 3 aromatic carbocycles. The second-order valence-electron chi connectivity index (χ2n) is 9.07. The van der Waals surface area contributed by atoms with Gasteiger partial charge in [-0.3, -0.25) is 9.59 Å². The van der Waals surface area contributed by atoms with Crippen molar-refractivity contribution < 1.29 is 28.8 Å². The number of nitrogens with one attached hydrogen (secondary N) is 1. The van der Waals surface area contributed by atoms with E-state index in [0.29, 0.717) is 58.4 Å². The van der Waals surface area contributed by atoms with Crippen LogP contribution in [0.1, 0.15) is 18.1 Å². The van der Waals surface area contributed by atoms with Crippen LogP contribution < -0.4 is 30.2 Å². The smallest absolute Gasteiger partial charge is 0.300 e.